The molecule has 0 aliphatic carbocycles. The molecule has 5 rings (SSSR count). The molecule has 0 atom stereocenters. The standard InChI is InChI=1S/C23H17N3O4/c27-22(24-18-9-10-19-20(14-18)29-12-11-28-19)16-7-4-8-17(13-16)23-25-21(26-30-23)15-5-2-1-3-6-15/h1-10,13-14H,11-12H2,(H,24,27). The zero-order valence-electron chi connectivity index (χ0n) is 15.9. The summed E-state index contributed by atoms with van der Waals surface area (Å²) in [7, 11) is 0. The molecule has 30 heavy (non-hydrogen) atoms. The normalized spacial score (nSPS) is 12.4. The Bertz CT molecular complexity index is 1200. The molecule has 0 fully saturated rings. The van der Waals surface area contributed by atoms with Crippen LogP contribution in [-0.4, -0.2) is 29.3 Å². The van der Waals surface area contributed by atoms with Crippen LogP contribution in [0.1, 0.15) is 10.4 Å². The summed E-state index contributed by atoms with van der Waals surface area (Å²) in [5.41, 5.74) is 2.63. The molecule has 0 saturated carbocycles. The minimum absolute atomic E-state index is 0.253. The number of rotatable bonds is 4. The molecule has 1 N–H and O–H groups in total. The molecule has 7 nitrogen and oxygen atoms in total. The Labute approximate surface area is 172 Å². The van der Waals surface area contributed by atoms with Gasteiger partial charge in [0.25, 0.3) is 11.8 Å². The van der Waals surface area contributed by atoms with E-state index in [1.54, 1.807) is 36.4 Å². The Morgan fingerprint density at radius 1 is 0.833 bits per heavy atom. The predicted molar refractivity (Wildman–Crippen MR) is 111 cm³/mol. The van der Waals surface area contributed by atoms with E-state index in [1.165, 1.54) is 0 Å². The molecular weight excluding hydrogens is 382 g/mol. The second-order valence-electron chi connectivity index (χ2n) is 6.68. The number of nitrogens with zero attached hydrogens (tertiary/aromatic N) is 2. The van der Waals surface area contributed by atoms with E-state index in [2.05, 4.69) is 15.5 Å². The van der Waals surface area contributed by atoms with Crippen molar-refractivity contribution in [2.24, 2.45) is 0 Å². The first kappa shape index (κ1) is 17.9. The van der Waals surface area contributed by atoms with Crippen molar-refractivity contribution in [2.75, 3.05) is 18.5 Å². The highest BCUT2D eigenvalue weighted by molar-refractivity contribution is 6.05. The van der Waals surface area contributed by atoms with Gasteiger partial charge in [0.1, 0.15) is 13.2 Å². The van der Waals surface area contributed by atoms with E-state index < -0.39 is 0 Å². The van der Waals surface area contributed by atoms with E-state index in [0.29, 0.717) is 53.2 Å². The Kier molecular flexibility index (Phi) is 4.61. The lowest BCUT2D eigenvalue weighted by Gasteiger charge is -2.19. The van der Waals surface area contributed by atoms with Crippen molar-refractivity contribution in [2.45, 2.75) is 0 Å². The molecule has 1 amide bonds. The third kappa shape index (κ3) is 3.60. The number of hydrogen-bond acceptors (Lipinski definition) is 6. The van der Waals surface area contributed by atoms with E-state index >= 15 is 0 Å². The topological polar surface area (TPSA) is 86.5 Å². The number of carbonyl (C=O) groups is 1. The molecule has 7 heteroatoms. The molecule has 1 aliphatic rings. The van der Waals surface area contributed by atoms with Crippen molar-refractivity contribution in [3.8, 4) is 34.3 Å². The third-order valence-electron chi connectivity index (χ3n) is 4.63. The number of carbonyl (C=O) groups excluding carboxylic acids is 1. The van der Waals surface area contributed by atoms with Gasteiger partial charge in [-0.1, -0.05) is 41.6 Å². The number of amides is 1. The fourth-order valence-corrected chi connectivity index (χ4v) is 3.16. The lowest BCUT2D eigenvalue weighted by atomic mass is 10.1. The van der Waals surface area contributed by atoms with Crippen LogP contribution in [0.25, 0.3) is 22.8 Å². The number of nitrogens with one attached hydrogen (secondary N) is 1. The minimum Gasteiger partial charge on any atom is -0.486 e. The summed E-state index contributed by atoms with van der Waals surface area (Å²) in [5.74, 6) is 1.88. The highest BCUT2D eigenvalue weighted by Gasteiger charge is 2.15. The number of aromatic nitrogens is 2. The van der Waals surface area contributed by atoms with Gasteiger partial charge >= 0.3 is 0 Å². The largest absolute Gasteiger partial charge is 0.486 e. The van der Waals surface area contributed by atoms with Crippen LogP contribution in [0.3, 0.4) is 0 Å². The first-order valence-corrected chi connectivity index (χ1v) is 9.47. The van der Waals surface area contributed by atoms with Crippen LogP contribution in [0.2, 0.25) is 0 Å². The molecule has 148 valence electrons. The summed E-state index contributed by atoms with van der Waals surface area (Å²) >= 11 is 0. The Morgan fingerprint density at radius 2 is 1.63 bits per heavy atom. The summed E-state index contributed by atoms with van der Waals surface area (Å²) in [6, 6.07) is 21.9. The van der Waals surface area contributed by atoms with Gasteiger partial charge in [0.2, 0.25) is 5.82 Å². The number of fused-ring (bicyclic) bond motifs is 1. The number of ether oxygens (including phenoxy) is 2. The molecule has 2 heterocycles. The summed E-state index contributed by atoms with van der Waals surface area (Å²) in [5, 5.41) is 6.91. The molecule has 1 aromatic heterocycles. The van der Waals surface area contributed by atoms with Crippen LogP contribution in [0.15, 0.2) is 77.3 Å². The zero-order valence-corrected chi connectivity index (χ0v) is 15.9. The summed E-state index contributed by atoms with van der Waals surface area (Å²) in [6.45, 7) is 1.01. The minimum atomic E-state index is -0.253. The Hall–Kier alpha value is -4.13. The average molecular weight is 399 g/mol. The first-order valence-electron chi connectivity index (χ1n) is 9.47. The van der Waals surface area contributed by atoms with Gasteiger partial charge in [0.05, 0.1) is 0 Å². The van der Waals surface area contributed by atoms with Crippen molar-refractivity contribution in [3.63, 3.8) is 0 Å². The lowest BCUT2D eigenvalue weighted by molar-refractivity contribution is 0.102. The maximum Gasteiger partial charge on any atom is 0.258 e. The summed E-state index contributed by atoms with van der Waals surface area (Å²) < 4.78 is 16.5. The smallest absolute Gasteiger partial charge is 0.258 e. The van der Waals surface area contributed by atoms with Crippen LogP contribution >= 0.6 is 0 Å². The number of hydrogen-bond donors (Lipinski definition) is 1. The predicted octanol–water partition coefficient (Wildman–Crippen LogP) is 4.43. The molecule has 0 saturated heterocycles. The molecule has 4 aromatic rings. The highest BCUT2D eigenvalue weighted by atomic mass is 16.6. The number of anilines is 1. The van der Waals surface area contributed by atoms with Crippen molar-refractivity contribution >= 4 is 11.6 Å². The monoisotopic (exact) mass is 399 g/mol. The zero-order chi connectivity index (χ0) is 20.3. The van der Waals surface area contributed by atoms with Crippen LogP contribution in [0, 0.1) is 0 Å². The second-order valence-corrected chi connectivity index (χ2v) is 6.68. The third-order valence-corrected chi connectivity index (χ3v) is 4.63. The number of benzene rings is 3. The van der Waals surface area contributed by atoms with Gasteiger partial charge in [-0.25, -0.2) is 0 Å². The van der Waals surface area contributed by atoms with Gasteiger partial charge < -0.3 is 19.3 Å². The quantitative estimate of drug-likeness (QED) is 0.546. The summed E-state index contributed by atoms with van der Waals surface area (Å²) in [4.78, 5) is 17.2. The van der Waals surface area contributed by atoms with Crippen molar-refractivity contribution in [1.82, 2.24) is 10.1 Å². The van der Waals surface area contributed by atoms with Gasteiger partial charge in [-0.05, 0) is 30.3 Å². The van der Waals surface area contributed by atoms with Crippen molar-refractivity contribution in [3.05, 3.63) is 78.4 Å². The van der Waals surface area contributed by atoms with Crippen molar-refractivity contribution in [1.29, 1.82) is 0 Å². The maximum absolute atomic E-state index is 12.7. The fourth-order valence-electron chi connectivity index (χ4n) is 3.16. The van der Waals surface area contributed by atoms with Gasteiger partial charge in [-0.2, -0.15) is 4.98 Å². The maximum atomic E-state index is 12.7. The van der Waals surface area contributed by atoms with E-state index in [1.807, 2.05) is 36.4 Å². The van der Waals surface area contributed by atoms with E-state index in [4.69, 9.17) is 14.0 Å². The molecule has 3 aromatic carbocycles. The molecule has 1 aliphatic heterocycles. The highest BCUT2D eigenvalue weighted by Crippen LogP contribution is 2.32. The average Bonchev–Trinajstić information content (AvgIpc) is 3.30. The van der Waals surface area contributed by atoms with Gasteiger partial charge in [0.15, 0.2) is 11.5 Å². The van der Waals surface area contributed by atoms with Gasteiger partial charge in [-0.3, -0.25) is 4.79 Å². The van der Waals surface area contributed by atoms with E-state index in [-0.39, 0.29) is 5.91 Å². The van der Waals surface area contributed by atoms with Gasteiger partial charge in [0, 0.05) is 28.4 Å². The SMILES string of the molecule is O=C(Nc1ccc2c(c1)OCCO2)c1cccc(-c2nc(-c3ccccc3)no2)c1. The van der Waals surface area contributed by atoms with E-state index in [0.717, 1.165) is 5.56 Å². The van der Waals surface area contributed by atoms with Crippen LogP contribution in [0.5, 0.6) is 11.5 Å². The van der Waals surface area contributed by atoms with Crippen LogP contribution in [-0.2, 0) is 0 Å². The van der Waals surface area contributed by atoms with Crippen LogP contribution in [0.4, 0.5) is 5.69 Å². The van der Waals surface area contributed by atoms with Crippen molar-refractivity contribution < 1.29 is 18.8 Å². The molecular formula is C23H17N3O4. The molecule has 0 radical (unpaired) electrons. The summed E-state index contributed by atoms with van der Waals surface area (Å²) in [6.07, 6.45) is 0. The second kappa shape index (κ2) is 7.71. The molecule has 0 unspecified atom stereocenters. The van der Waals surface area contributed by atoms with E-state index in [9.17, 15) is 4.79 Å². The van der Waals surface area contributed by atoms with Gasteiger partial charge in [-0.15, -0.1) is 0 Å². The molecule has 0 spiro atoms. The van der Waals surface area contributed by atoms with Crippen LogP contribution < -0.4 is 14.8 Å². The Morgan fingerprint density at radius 3 is 2.50 bits per heavy atom. The Balaban J connectivity index is 1.36. The first-order chi connectivity index (χ1) is 14.8. The fraction of sp³-hybridized carbons (Fsp3) is 0.0870. The lowest BCUT2D eigenvalue weighted by Crippen LogP contribution is -2.16. The molecule has 0 bridgehead atoms.